The Balaban J connectivity index is 1.40. The van der Waals surface area contributed by atoms with Crippen molar-refractivity contribution < 1.29 is 22.7 Å². The Morgan fingerprint density at radius 1 is 1.06 bits per heavy atom. The van der Waals surface area contributed by atoms with Crippen molar-refractivity contribution in [1.82, 2.24) is 10.3 Å². The molecule has 1 fully saturated rings. The molecule has 9 heteroatoms. The lowest BCUT2D eigenvalue weighted by Gasteiger charge is -2.13. The number of pyridine rings is 1. The lowest BCUT2D eigenvalue weighted by atomic mass is 10.1. The van der Waals surface area contributed by atoms with Crippen LogP contribution in [0.4, 0.5) is 5.69 Å². The summed E-state index contributed by atoms with van der Waals surface area (Å²) >= 11 is 0. The van der Waals surface area contributed by atoms with Crippen molar-refractivity contribution in [3.05, 3.63) is 77.5 Å². The molecule has 3 aromatic rings. The summed E-state index contributed by atoms with van der Waals surface area (Å²) in [4.78, 5) is 17.2. The quantitative estimate of drug-likeness (QED) is 0.454. The van der Waals surface area contributed by atoms with E-state index in [1.165, 1.54) is 32.1 Å². The van der Waals surface area contributed by atoms with Gasteiger partial charge in [-0.25, -0.2) is 13.4 Å². The third-order valence-corrected chi connectivity index (χ3v) is 7.33. The van der Waals surface area contributed by atoms with Crippen LogP contribution < -0.4 is 19.5 Å². The summed E-state index contributed by atoms with van der Waals surface area (Å²) in [7, 11) is -2.35. The molecule has 0 aliphatic heterocycles. The summed E-state index contributed by atoms with van der Waals surface area (Å²) < 4.78 is 39.3. The highest BCUT2D eigenvalue weighted by atomic mass is 32.2. The fraction of sp³-hybridized carbons (Fsp3) is 0.308. The van der Waals surface area contributed by atoms with Crippen molar-refractivity contribution in [2.75, 3.05) is 11.8 Å². The third kappa shape index (κ3) is 6.30. The second-order valence-corrected chi connectivity index (χ2v) is 10.2. The number of carbonyl (C=O) groups is 1. The number of hydrogen-bond donors (Lipinski definition) is 2. The van der Waals surface area contributed by atoms with Gasteiger partial charge >= 0.3 is 0 Å². The van der Waals surface area contributed by atoms with Gasteiger partial charge in [0.05, 0.1) is 12.0 Å². The molecular formula is C26H29N3O5S. The van der Waals surface area contributed by atoms with E-state index in [9.17, 15) is 13.2 Å². The Labute approximate surface area is 205 Å². The molecule has 0 unspecified atom stereocenters. The molecule has 2 N–H and O–H groups in total. The number of aromatic nitrogens is 1. The van der Waals surface area contributed by atoms with Gasteiger partial charge in [0.25, 0.3) is 15.9 Å². The number of ether oxygens (including phenoxy) is 2. The molecule has 1 saturated carbocycles. The van der Waals surface area contributed by atoms with Crippen LogP contribution in [0, 0.1) is 6.92 Å². The minimum atomic E-state index is -3.88. The van der Waals surface area contributed by atoms with E-state index in [4.69, 9.17) is 9.47 Å². The third-order valence-electron chi connectivity index (χ3n) is 5.95. The summed E-state index contributed by atoms with van der Waals surface area (Å²) in [6.45, 7) is 2.02. The molecule has 1 aromatic heterocycles. The fourth-order valence-corrected chi connectivity index (χ4v) is 5.01. The zero-order valence-electron chi connectivity index (χ0n) is 19.8. The minimum Gasteiger partial charge on any atom is -0.497 e. The van der Waals surface area contributed by atoms with E-state index in [0.29, 0.717) is 22.9 Å². The number of methoxy groups -OCH3 is 1. The van der Waals surface area contributed by atoms with Gasteiger partial charge in [-0.1, -0.05) is 12.1 Å². The first-order valence-electron chi connectivity index (χ1n) is 11.5. The number of benzene rings is 2. The zero-order valence-corrected chi connectivity index (χ0v) is 20.6. The molecule has 0 bridgehead atoms. The highest BCUT2D eigenvalue weighted by Crippen LogP contribution is 2.23. The van der Waals surface area contributed by atoms with Gasteiger partial charge in [-0.05, 0) is 80.1 Å². The molecule has 1 heterocycles. The van der Waals surface area contributed by atoms with Crippen molar-refractivity contribution >= 4 is 21.6 Å². The number of sulfonamides is 1. The topological polar surface area (TPSA) is 107 Å². The van der Waals surface area contributed by atoms with Crippen LogP contribution in [0.3, 0.4) is 0 Å². The SMILES string of the molecule is COc1ccc(NS(=O)(=O)c2ccc(C)c(C(=O)NCc3ccc(OC4CCCC4)nc3)c2)cc1. The van der Waals surface area contributed by atoms with Crippen molar-refractivity contribution in [2.45, 2.75) is 50.2 Å². The summed E-state index contributed by atoms with van der Waals surface area (Å²) in [5, 5.41) is 2.84. The predicted octanol–water partition coefficient (Wildman–Crippen LogP) is 4.45. The van der Waals surface area contributed by atoms with E-state index in [1.54, 1.807) is 43.5 Å². The average molecular weight is 496 g/mol. The van der Waals surface area contributed by atoms with Gasteiger partial charge < -0.3 is 14.8 Å². The Morgan fingerprint density at radius 3 is 2.46 bits per heavy atom. The van der Waals surface area contributed by atoms with Crippen LogP contribution >= 0.6 is 0 Å². The van der Waals surface area contributed by atoms with E-state index in [-0.39, 0.29) is 29.0 Å². The molecule has 1 amide bonds. The summed E-state index contributed by atoms with van der Waals surface area (Å²) in [5.74, 6) is 0.841. The first-order valence-corrected chi connectivity index (χ1v) is 13.0. The Hall–Kier alpha value is -3.59. The van der Waals surface area contributed by atoms with Crippen molar-refractivity contribution in [3.63, 3.8) is 0 Å². The van der Waals surface area contributed by atoms with E-state index in [1.807, 2.05) is 12.1 Å². The van der Waals surface area contributed by atoms with Crippen molar-refractivity contribution in [2.24, 2.45) is 0 Å². The van der Waals surface area contributed by atoms with Gasteiger partial charge in [0.2, 0.25) is 5.88 Å². The van der Waals surface area contributed by atoms with Crippen LogP contribution in [0.2, 0.25) is 0 Å². The van der Waals surface area contributed by atoms with Gasteiger partial charge in [-0.3, -0.25) is 9.52 Å². The number of nitrogens with zero attached hydrogens (tertiary/aromatic N) is 1. The van der Waals surface area contributed by atoms with Gasteiger partial charge in [-0.15, -0.1) is 0 Å². The highest BCUT2D eigenvalue weighted by molar-refractivity contribution is 7.92. The van der Waals surface area contributed by atoms with E-state index in [0.717, 1.165) is 18.4 Å². The smallest absolute Gasteiger partial charge is 0.261 e. The minimum absolute atomic E-state index is 0.000788. The second-order valence-electron chi connectivity index (χ2n) is 8.52. The van der Waals surface area contributed by atoms with Crippen molar-refractivity contribution in [3.8, 4) is 11.6 Å². The summed E-state index contributed by atoms with van der Waals surface area (Å²) in [6, 6.07) is 14.7. The number of amides is 1. The molecule has 184 valence electrons. The molecule has 35 heavy (non-hydrogen) atoms. The molecule has 1 aliphatic carbocycles. The lowest BCUT2D eigenvalue weighted by molar-refractivity contribution is 0.0950. The number of nitrogens with one attached hydrogen (secondary N) is 2. The summed E-state index contributed by atoms with van der Waals surface area (Å²) in [5.41, 5.74) is 2.17. The maximum atomic E-state index is 12.9. The highest BCUT2D eigenvalue weighted by Gasteiger charge is 2.19. The first-order chi connectivity index (χ1) is 16.8. The Bertz CT molecular complexity index is 1270. The van der Waals surface area contributed by atoms with Crippen LogP contribution in [0.25, 0.3) is 0 Å². The largest absolute Gasteiger partial charge is 0.497 e. The monoisotopic (exact) mass is 495 g/mol. The number of aryl methyl sites for hydroxylation is 1. The van der Waals surface area contributed by atoms with Gasteiger partial charge in [0.15, 0.2) is 0 Å². The molecular weight excluding hydrogens is 466 g/mol. The first kappa shape index (κ1) is 24.5. The molecule has 1 aliphatic rings. The molecule has 0 atom stereocenters. The maximum absolute atomic E-state index is 12.9. The Kier molecular flexibility index (Phi) is 7.55. The molecule has 8 nitrogen and oxygen atoms in total. The lowest BCUT2D eigenvalue weighted by Crippen LogP contribution is -2.24. The van der Waals surface area contributed by atoms with E-state index in [2.05, 4.69) is 15.0 Å². The predicted molar refractivity (Wildman–Crippen MR) is 133 cm³/mol. The van der Waals surface area contributed by atoms with Gasteiger partial charge in [0, 0.05) is 30.1 Å². The zero-order chi connectivity index (χ0) is 24.8. The van der Waals surface area contributed by atoms with Gasteiger partial charge in [-0.2, -0.15) is 0 Å². The fourth-order valence-electron chi connectivity index (χ4n) is 3.93. The van der Waals surface area contributed by atoms with Crippen LogP contribution in [-0.2, 0) is 16.6 Å². The molecule has 4 rings (SSSR count). The molecule has 0 spiro atoms. The molecule has 0 radical (unpaired) electrons. The van der Waals surface area contributed by atoms with E-state index >= 15 is 0 Å². The second kappa shape index (κ2) is 10.8. The van der Waals surface area contributed by atoms with Crippen LogP contribution in [0.5, 0.6) is 11.6 Å². The summed E-state index contributed by atoms with van der Waals surface area (Å²) in [6.07, 6.45) is 6.41. The normalized spacial score (nSPS) is 13.9. The Morgan fingerprint density at radius 2 is 1.80 bits per heavy atom. The molecule has 2 aromatic carbocycles. The molecule has 0 saturated heterocycles. The van der Waals surface area contributed by atoms with Crippen LogP contribution in [0.15, 0.2) is 65.7 Å². The number of carbonyl (C=O) groups excluding carboxylic acids is 1. The standard InChI is InChI=1S/C26H29N3O5S/c1-18-7-13-23(35(31,32)29-20-9-11-21(33-2)12-10-20)15-24(18)26(30)28-17-19-8-14-25(27-16-19)34-22-5-3-4-6-22/h7-16,22,29H,3-6,17H2,1-2H3,(H,28,30). The van der Waals surface area contributed by atoms with Crippen LogP contribution in [0.1, 0.15) is 47.2 Å². The number of hydrogen-bond acceptors (Lipinski definition) is 6. The van der Waals surface area contributed by atoms with Crippen LogP contribution in [-0.4, -0.2) is 32.5 Å². The average Bonchev–Trinajstić information content (AvgIpc) is 3.37. The van der Waals surface area contributed by atoms with Crippen molar-refractivity contribution in [1.29, 1.82) is 0 Å². The van der Waals surface area contributed by atoms with Gasteiger partial charge in [0.1, 0.15) is 11.9 Å². The number of anilines is 1. The maximum Gasteiger partial charge on any atom is 0.261 e. The van der Waals surface area contributed by atoms with E-state index < -0.39 is 10.0 Å². The number of rotatable bonds is 9.